The zero-order valence-electron chi connectivity index (χ0n) is 16.9. The van der Waals surface area contributed by atoms with Gasteiger partial charge in [0.15, 0.2) is 5.69 Å². The van der Waals surface area contributed by atoms with Crippen LogP contribution in [0.4, 0.5) is 14.5 Å². The Balaban J connectivity index is 1.55. The third-order valence-corrected chi connectivity index (χ3v) is 4.82. The van der Waals surface area contributed by atoms with Crippen molar-refractivity contribution in [1.82, 2.24) is 14.8 Å². The summed E-state index contributed by atoms with van der Waals surface area (Å²) in [6.07, 6.45) is 1.56. The van der Waals surface area contributed by atoms with E-state index >= 15 is 0 Å². The number of para-hydroxylation sites is 1. The lowest BCUT2D eigenvalue weighted by atomic mass is 10.1. The molecule has 0 spiro atoms. The number of methoxy groups -OCH3 is 1. The van der Waals surface area contributed by atoms with Crippen LogP contribution in [-0.4, -0.2) is 47.6 Å². The third kappa shape index (κ3) is 4.33. The standard InChI is InChI=1S/C21H20F2N4O4/c1-27-17(6-16(26-27)21(28)25-20-14(22)4-3-5-15(20)23)13-8-24-19(7-18(13)29-2)31-11-12-9-30-10-12/h3-8,12H,9-11H2,1-2H3,(H,25,28). The lowest BCUT2D eigenvalue weighted by Crippen LogP contribution is -2.32. The predicted molar refractivity (Wildman–Crippen MR) is 107 cm³/mol. The number of benzene rings is 1. The molecule has 0 unspecified atom stereocenters. The Morgan fingerprint density at radius 1 is 1.29 bits per heavy atom. The number of pyridine rings is 1. The summed E-state index contributed by atoms with van der Waals surface area (Å²) in [6, 6.07) is 6.46. The third-order valence-electron chi connectivity index (χ3n) is 4.82. The van der Waals surface area contributed by atoms with Crippen molar-refractivity contribution in [3.8, 4) is 22.9 Å². The number of carbonyl (C=O) groups excluding carboxylic acids is 1. The van der Waals surface area contributed by atoms with Gasteiger partial charge >= 0.3 is 0 Å². The van der Waals surface area contributed by atoms with Gasteiger partial charge in [-0.2, -0.15) is 5.10 Å². The molecular weight excluding hydrogens is 410 g/mol. The molecule has 10 heteroatoms. The van der Waals surface area contributed by atoms with Gasteiger partial charge in [-0.25, -0.2) is 13.8 Å². The highest BCUT2D eigenvalue weighted by molar-refractivity contribution is 6.03. The molecule has 3 heterocycles. The van der Waals surface area contributed by atoms with E-state index in [0.717, 1.165) is 12.1 Å². The zero-order chi connectivity index (χ0) is 22.0. The summed E-state index contributed by atoms with van der Waals surface area (Å²) in [4.78, 5) is 16.8. The van der Waals surface area contributed by atoms with Crippen LogP contribution in [0, 0.1) is 17.6 Å². The monoisotopic (exact) mass is 430 g/mol. The number of ether oxygens (including phenoxy) is 3. The second kappa shape index (κ2) is 8.68. The van der Waals surface area contributed by atoms with Crippen molar-refractivity contribution >= 4 is 11.6 Å². The van der Waals surface area contributed by atoms with Gasteiger partial charge in [0.05, 0.1) is 38.2 Å². The van der Waals surface area contributed by atoms with Gasteiger partial charge in [-0.05, 0) is 18.2 Å². The fourth-order valence-corrected chi connectivity index (χ4v) is 3.07. The maximum atomic E-state index is 13.8. The number of nitrogens with one attached hydrogen (secondary N) is 1. The van der Waals surface area contributed by atoms with Crippen molar-refractivity contribution in [2.75, 3.05) is 32.2 Å². The molecule has 31 heavy (non-hydrogen) atoms. The maximum Gasteiger partial charge on any atom is 0.276 e. The molecule has 0 bridgehead atoms. The largest absolute Gasteiger partial charge is 0.496 e. The molecule has 1 aliphatic rings. The van der Waals surface area contributed by atoms with Crippen LogP contribution in [0.25, 0.3) is 11.3 Å². The summed E-state index contributed by atoms with van der Waals surface area (Å²) in [7, 11) is 3.14. The first kappa shape index (κ1) is 20.7. The molecule has 1 aromatic carbocycles. The van der Waals surface area contributed by atoms with Gasteiger partial charge in [-0.15, -0.1) is 0 Å². The first-order chi connectivity index (χ1) is 15.0. The predicted octanol–water partition coefficient (Wildman–Crippen LogP) is 3.05. The highest BCUT2D eigenvalue weighted by atomic mass is 19.1. The molecule has 1 N–H and O–H groups in total. The zero-order valence-corrected chi connectivity index (χ0v) is 16.9. The van der Waals surface area contributed by atoms with Crippen molar-refractivity contribution in [2.45, 2.75) is 0 Å². The Morgan fingerprint density at radius 3 is 2.68 bits per heavy atom. The molecule has 1 amide bonds. The molecule has 4 rings (SSSR count). The second-order valence-corrected chi connectivity index (χ2v) is 7.03. The summed E-state index contributed by atoms with van der Waals surface area (Å²) in [6.45, 7) is 1.84. The van der Waals surface area contributed by atoms with Crippen LogP contribution in [0.15, 0.2) is 36.5 Å². The van der Waals surface area contributed by atoms with E-state index in [2.05, 4.69) is 15.4 Å². The Kier molecular flexibility index (Phi) is 5.81. The number of rotatable bonds is 7. The molecular formula is C21H20F2N4O4. The minimum Gasteiger partial charge on any atom is -0.496 e. The number of anilines is 1. The van der Waals surface area contributed by atoms with Gasteiger partial charge in [-0.1, -0.05) is 6.07 Å². The van der Waals surface area contributed by atoms with Crippen molar-refractivity contribution < 1.29 is 27.8 Å². The fraction of sp³-hybridized carbons (Fsp3) is 0.286. The molecule has 0 radical (unpaired) electrons. The Bertz CT molecular complexity index is 1090. The fourth-order valence-electron chi connectivity index (χ4n) is 3.07. The Morgan fingerprint density at radius 2 is 2.03 bits per heavy atom. The minimum absolute atomic E-state index is 0.0208. The highest BCUT2D eigenvalue weighted by Crippen LogP contribution is 2.32. The lowest BCUT2D eigenvalue weighted by Gasteiger charge is -2.25. The van der Waals surface area contributed by atoms with Crippen molar-refractivity contribution in [1.29, 1.82) is 0 Å². The Labute approximate surface area is 176 Å². The van der Waals surface area contributed by atoms with Gasteiger partial charge in [-0.3, -0.25) is 9.48 Å². The smallest absolute Gasteiger partial charge is 0.276 e. The number of halogens is 2. The van der Waals surface area contributed by atoms with Crippen molar-refractivity contribution in [3.63, 3.8) is 0 Å². The Hall–Kier alpha value is -3.53. The summed E-state index contributed by atoms with van der Waals surface area (Å²) < 4.78 is 45.4. The number of hydrogen-bond acceptors (Lipinski definition) is 6. The van der Waals surface area contributed by atoms with Gasteiger partial charge in [0.1, 0.15) is 23.1 Å². The van der Waals surface area contributed by atoms with E-state index < -0.39 is 23.2 Å². The molecule has 0 atom stereocenters. The average Bonchev–Trinajstić information content (AvgIpc) is 3.11. The number of amides is 1. The molecule has 2 aromatic heterocycles. The van der Waals surface area contributed by atoms with E-state index in [1.54, 1.807) is 19.3 Å². The van der Waals surface area contributed by atoms with Crippen LogP contribution in [0.5, 0.6) is 11.6 Å². The quantitative estimate of drug-likeness (QED) is 0.620. The van der Waals surface area contributed by atoms with Crippen LogP contribution < -0.4 is 14.8 Å². The number of aromatic nitrogens is 3. The molecule has 8 nitrogen and oxygen atoms in total. The van der Waals surface area contributed by atoms with Gasteiger partial charge in [0, 0.05) is 25.2 Å². The highest BCUT2D eigenvalue weighted by Gasteiger charge is 2.21. The summed E-state index contributed by atoms with van der Waals surface area (Å²) in [5, 5.41) is 6.37. The van der Waals surface area contributed by atoms with E-state index in [9.17, 15) is 13.6 Å². The minimum atomic E-state index is -0.876. The second-order valence-electron chi connectivity index (χ2n) is 7.03. The van der Waals surface area contributed by atoms with Crippen LogP contribution in [0.3, 0.4) is 0 Å². The van der Waals surface area contributed by atoms with E-state index in [0.29, 0.717) is 48.6 Å². The summed E-state index contributed by atoms with van der Waals surface area (Å²) in [5.74, 6) is -1.27. The molecule has 1 aliphatic heterocycles. The van der Waals surface area contributed by atoms with E-state index in [-0.39, 0.29) is 5.69 Å². The van der Waals surface area contributed by atoms with Crippen LogP contribution >= 0.6 is 0 Å². The van der Waals surface area contributed by atoms with Gasteiger partial charge < -0.3 is 19.5 Å². The molecule has 0 saturated carbocycles. The molecule has 162 valence electrons. The summed E-state index contributed by atoms with van der Waals surface area (Å²) in [5.41, 5.74) is 0.556. The number of hydrogen-bond donors (Lipinski definition) is 1. The number of aryl methyl sites for hydroxylation is 1. The first-order valence-corrected chi connectivity index (χ1v) is 9.50. The normalized spacial score (nSPS) is 13.5. The molecule has 0 aliphatic carbocycles. The van der Waals surface area contributed by atoms with E-state index in [1.807, 2.05) is 0 Å². The van der Waals surface area contributed by atoms with Crippen LogP contribution in [0.2, 0.25) is 0 Å². The van der Waals surface area contributed by atoms with Crippen molar-refractivity contribution in [2.24, 2.45) is 13.0 Å². The van der Waals surface area contributed by atoms with Crippen LogP contribution in [-0.2, 0) is 11.8 Å². The number of nitrogens with zero attached hydrogens (tertiary/aromatic N) is 3. The topological polar surface area (TPSA) is 87.5 Å². The van der Waals surface area contributed by atoms with E-state index in [1.165, 1.54) is 23.9 Å². The van der Waals surface area contributed by atoms with Gasteiger partial charge in [0.25, 0.3) is 5.91 Å². The summed E-state index contributed by atoms with van der Waals surface area (Å²) >= 11 is 0. The van der Waals surface area contributed by atoms with Crippen LogP contribution in [0.1, 0.15) is 10.5 Å². The van der Waals surface area contributed by atoms with Gasteiger partial charge in [0.2, 0.25) is 5.88 Å². The molecule has 3 aromatic rings. The number of carbonyl (C=O) groups is 1. The molecule has 1 saturated heterocycles. The lowest BCUT2D eigenvalue weighted by molar-refractivity contribution is -0.0514. The SMILES string of the molecule is COc1cc(OCC2COC2)ncc1-c1cc(C(=O)Nc2c(F)cccc2F)nn1C. The maximum absolute atomic E-state index is 13.8. The first-order valence-electron chi connectivity index (χ1n) is 9.50. The average molecular weight is 430 g/mol. The van der Waals surface area contributed by atoms with E-state index in [4.69, 9.17) is 14.2 Å². The van der Waals surface area contributed by atoms with Crippen molar-refractivity contribution in [3.05, 3.63) is 53.9 Å². The molecule has 1 fully saturated rings.